The normalized spacial score (nSPS) is 14.2. The lowest BCUT2D eigenvalue weighted by Gasteiger charge is -2.37. The predicted molar refractivity (Wildman–Crippen MR) is 275 cm³/mol. The molecule has 1 atom stereocenters. The average Bonchev–Trinajstić information content (AvgIpc) is 3.57. The van der Waals surface area contributed by atoms with Crippen LogP contribution in [0.4, 0.5) is 34.1 Å². The van der Waals surface area contributed by atoms with Crippen molar-refractivity contribution in [3.63, 3.8) is 0 Å². The quantitative estimate of drug-likeness (QED) is 0.165. The molecule has 2 aliphatic rings. The zero-order valence-electron chi connectivity index (χ0n) is 38.7. The lowest BCUT2D eigenvalue weighted by molar-refractivity contribution is 0.775. The summed E-state index contributed by atoms with van der Waals surface area (Å²) in [4.78, 5) is 4.97. The van der Waals surface area contributed by atoms with Crippen LogP contribution >= 0.6 is 0 Å². The maximum atomic E-state index is 2.53. The Balaban J connectivity index is 1.27. The topological polar surface area (TPSA) is 6.48 Å². The second-order valence-corrected chi connectivity index (χ2v) is 18.6. The zero-order valence-corrected chi connectivity index (χ0v) is 38.7. The van der Waals surface area contributed by atoms with Gasteiger partial charge in [-0.15, -0.1) is 0 Å². The highest BCUT2D eigenvalue weighted by Gasteiger charge is 2.51. The van der Waals surface area contributed by atoms with Crippen LogP contribution < -0.4 is 9.80 Å². The fourth-order valence-corrected chi connectivity index (χ4v) is 10.8. The van der Waals surface area contributed by atoms with E-state index in [4.69, 9.17) is 0 Å². The lowest BCUT2D eigenvalue weighted by atomic mass is 9.65. The minimum absolute atomic E-state index is 0.682. The molecule has 1 spiro atoms. The Hall–Kier alpha value is -7.42. The molecule has 0 saturated heterocycles. The Morgan fingerprint density at radius 3 is 1.12 bits per heavy atom. The molecule has 9 aromatic rings. The van der Waals surface area contributed by atoms with Gasteiger partial charge in [-0.2, -0.15) is 0 Å². The first kappa shape index (κ1) is 40.4. The largest absolute Gasteiger partial charge is 0.310 e. The predicted octanol–water partition coefficient (Wildman–Crippen LogP) is 17.1. The smallest absolute Gasteiger partial charge is 0.0727 e. The molecular formula is C63H54N2. The molecule has 0 aliphatic heterocycles. The number of fused-ring (bicyclic) bond motifs is 12. The van der Waals surface area contributed by atoms with Gasteiger partial charge in [-0.1, -0.05) is 115 Å². The molecule has 9 aromatic carbocycles. The average molecular weight is 839 g/mol. The molecule has 0 radical (unpaired) electrons. The van der Waals surface area contributed by atoms with Crippen molar-refractivity contribution in [2.24, 2.45) is 0 Å². The van der Waals surface area contributed by atoms with Gasteiger partial charge in [0.05, 0.1) is 11.1 Å². The highest BCUT2D eigenvalue weighted by Crippen LogP contribution is 2.64. The summed E-state index contributed by atoms with van der Waals surface area (Å²) in [6, 6.07) is 69.5. The van der Waals surface area contributed by atoms with Crippen LogP contribution in [0.2, 0.25) is 0 Å². The van der Waals surface area contributed by atoms with Gasteiger partial charge in [-0.3, -0.25) is 0 Å². The number of anilines is 6. The van der Waals surface area contributed by atoms with Crippen molar-refractivity contribution >= 4 is 34.1 Å². The number of hydrogen-bond acceptors (Lipinski definition) is 2. The molecule has 65 heavy (non-hydrogen) atoms. The summed E-state index contributed by atoms with van der Waals surface area (Å²) in [6.45, 7) is 17.7. The van der Waals surface area contributed by atoms with Crippen LogP contribution in [0.25, 0.3) is 33.4 Å². The number of benzene rings is 9. The third kappa shape index (κ3) is 6.22. The van der Waals surface area contributed by atoms with Gasteiger partial charge in [0.25, 0.3) is 0 Å². The summed E-state index contributed by atoms with van der Waals surface area (Å²) in [5, 5.41) is 0. The van der Waals surface area contributed by atoms with Crippen molar-refractivity contribution in [1.82, 2.24) is 0 Å². The van der Waals surface area contributed by atoms with Gasteiger partial charge >= 0.3 is 0 Å². The van der Waals surface area contributed by atoms with Crippen LogP contribution in [0.1, 0.15) is 66.8 Å². The molecule has 2 aliphatic carbocycles. The van der Waals surface area contributed by atoms with Gasteiger partial charge in [0.15, 0.2) is 0 Å². The number of hydrogen-bond donors (Lipinski definition) is 0. The highest BCUT2D eigenvalue weighted by molar-refractivity contribution is 6.02. The third-order valence-electron chi connectivity index (χ3n) is 14.8. The van der Waals surface area contributed by atoms with Crippen molar-refractivity contribution in [2.75, 3.05) is 9.80 Å². The van der Waals surface area contributed by atoms with E-state index in [0.29, 0.717) is 0 Å². The molecule has 0 bridgehead atoms. The van der Waals surface area contributed by atoms with E-state index in [2.05, 4.69) is 247 Å². The number of rotatable bonds is 6. The molecule has 2 heteroatoms. The monoisotopic (exact) mass is 838 g/mol. The Morgan fingerprint density at radius 1 is 0.262 bits per heavy atom. The fourth-order valence-electron chi connectivity index (χ4n) is 10.8. The van der Waals surface area contributed by atoms with E-state index < -0.39 is 5.41 Å². The Bertz CT molecular complexity index is 3280. The number of aryl methyl sites for hydroxylation is 8. The van der Waals surface area contributed by atoms with E-state index >= 15 is 0 Å². The van der Waals surface area contributed by atoms with Gasteiger partial charge < -0.3 is 9.80 Å². The third-order valence-corrected chi connectivity index (χ3v) is 14.8. The van der Waals surface area contributed by atoms with E-state index in [1.807, 2.05) is 0 Å². The van der Waals surface area contributed by atoms with Crippen LogP contribution in [-0.2, 0) is 5.41 Å². The second kappa shape index (κ2) is 15.4. The summed E-state index contributed by atoms with van der Waals surface area (Å²) in [7, 11) is 0. The molecule has 0 aromatic heterocycles. The summed E-state index contributed by atoms with van der Waals surface area (Å²) in [6.07, 6.45) is 0. The molecule has 0 N–H and O–H groups in total. The van der Waals surface area contributed by atoms with Crippen molar-refractivity contribution in [3.05, 3.63) is 249 Å². The van der Waals surface area contributed by atoms with Crippen LogP contribution in [0.5, 0.6) is 0 Å². The first-order valence-corrected chi connectivity index (χ1v) is 23.0. The Morgan fingerprint density at radius 2 is 0.631 bits per heavy atom. The van der Waals surface area contributed by atoms with Crippen LogP contribution in [-0.4, -0.2) is 0 Å². The lowest BCUT2D eigenvalue weighted by Crippen LogP contribution is -2.29. The zero-order chi connectivity index (χ0) is 44.7. The number of nitrogens with zero attached hydrogens (tertiary/aromatic N) is 2. The Kier molecular flexibility index (Phi) is 9.55. The highest BCUT2D eigenvalue weighted by atomic mass is 15.2. The van der Waals surface area contributed by atoms with Crippen LogP contribution in [0, 0.1) is 55.4 Å². The molecule has 1 unspecified atom stereocenters. The van der Waals surface area contributed by atoms with Gasteiger partial charge in [0.1, 0.15) is 0 Å². The van der Waals surface area contributed by atoms with Crippen molar-refractivity contribution in [1.29, 1.82) is 0 Å². The first-order valence-electron chi connectivity index (χ1n) is 23.0. The fraction of sp³-hybridized carbons (Fsp3) is 0.143. The van der Waals surface area contributed by atoms with E-state index in [-0.39, 0.29) is 0 Å². The van der Waals surface area contributed by atoms with Crippen molar-refractivity contribution < 1.29 is 0 Å². The van der Waals surface area contributed by atoms with E-state index in [0.717, 1.165) is 28.4 Å². The van der Waals surface area contributed by atoms with E-state index in [1.54, 1.807) is 0 Å². The van der Waals surface area contributed by atoms with Crippen LogP contribution in [0.3, 0.4) is 0 Å². The van der Waals surface area contributed by atoms with E-state index in [1.165, 1.54) is 106 Å². The SMILES string of the molecule is Cc1ccc(N(c2ccc(C)c(C)c2)c2ccc3c(c2)C2(c4ccccc4-c4ccccc4-3)c3ccccc3-c3c(N(c4ccc(C)c(C)c4)c4ccc(C)c(C)c4)cccc32)cc1C. The minimum atomic E-state index is -0.682. The van der Waals surface area contributed by atoms with Crippen molar-refractivity contribution in [2.45, 2.75) is 60.8 Å². The first-order chi connectivity index (χ1) is 31.5. The molecule has 0 heterocycles. The summed E-state index contributed by atoms with van der Waals surface area (Å²) >= 11 is 0. The molecule has 316 valence electrons. The molecule has 2 nitrogen and oxygen atoms in total. The van der Waals surface area contributed by atoms with Gasteiger partial charge in [-0.25, -0.2) is 0 Å². The van der Waals surface area contributed by atoms with Gasteiger partial charge in [0.2, 0.25) is 0 Å². The molecule has 0 fully saturated rings. The van der Waals surface area contributed by atoms with Crippen molar-refractivity contribution in [3.8, 4) is 33.4 Å². The standard InChI is InChI=1S/C63H54N2/c1-39-24-28-47(34-43(39)5)64(48-29-25-40(2)44(6)35-48)51-32-33-55-53-17-10-9-16-52(53)54-18-11-13-20-57(54)63(60(55)38-51)58-21-14-12-19-56(58)62-59(63)22-15-23-61(62)65(49-30-26-41(3)45(7)36-49)50-31-27-42(4)46(8)37-50/h9-38H,1-8H3. The van der Waals surface area contributed by atoms with Gasteiger partial charge in [-0.05, 0) is 217 Å². The summed E-state index contributed by atoms with van der Waals surface area (Å²) < 4.78 is 0. The Labute approximate surface area is 385 Å². The molecule has 11 rings (SSSR count). The van der Waals surface area contributed by atoms with Crippen LogP contribution in [0.15, 0.2) is 182 Å². The molecule has 0 saturated carbocycles. The van der Waals surface area contributed by atoms with Gasteiger partial charge in [0, 0.05) is 34.0 Å². The maximum Gasteiger partial charge on any atom is 0.0727 e. The summed E-state index contributed by atoms with van der Waals surface area (Å²) in [5.41, 5.74) is 29.1. The molecular weight excluding hydrogens is 785 g/mol. The maximum absolute atomic E-state index is 2.53. The van der Waals surface area contributed by atoms with E-state index in [9.17, 15) is 0 Å². The summed E-state index contributed by atoms with van der Waals surface area (Å²) in [5.74, 6) is 0. The minimum Gasteiger partial charge on any atom is -0.310 e. The second-order valence-electron chi connectivity index (χ2n) is 18.6. The molecule has 0 amide bonds.